The van der Waals surface area contributed by atoms with Crippen LogP contribution in [0, 0.1) is 11.8 Å². The maximum absolute atomic E-state index is 10.9. The molecule has 1 aliphatic carbocycles. The lowest BCUT2D eigenvalue weighted by molar-refractivity contribution is 0.0114. The monoisotopic (exact) mass is 275 g/mol. The lowest BCUT2D eigenvalue weighted by atomic mass is 9.91. The second kappa shape index (κ2) is 6.73. The van der Waals surface area contributed by atoms with E-state index in [0.717, 1.165) is 12.1 Å². The zero-order chi connectivity index (χ0) is 14.7. The molecule has 0 radical (unpaired) electrons. The van der Waals surface area contributed by atoms with Crippen LogP contribution in [0.5, 0.6) is 0 Å². The highest BCUT2D eigenvalue weighted by molar-refractivity contribution is 5.19. The van der Waals surface area contributed by atoms with Crippen molar-refractivity contribution < 1.29 is 5.11 Å². The molecule has 2 nitrogen and oxygen atoms in total. The fraction of sp³-hybridized carbons (Fsp3) is 0.667. The highest BCUT2D eigenvalue weighted by Crippen LogP contribution is 2.36. The molecule has 1 saturated carbocycles. The summed E-state index contributed by atoms with van der Waals surface area (Å²) in [5, 5.41) is 10.9. The van der Waals surface area contributed by atoms with Crippen LogP contribution in [0.1, 0.15) is 52.2 Å². The normalized spacial score (nSPS) is 18.8. The Morgan fingerprint density at radius 1 is 1.10 bits per heavy atom. The van der Waals surface area contributed by atoms with Crippen LogP contribution in [0.15, 0.2) is 30.3 Å². The van der Waals surface area contributed by atoms with Crippen molar-refractivity contribution in [3.05, 3.63) is 35.9 Å². The van der Waals surface area contributed by atoms with E-state index in [1.807, 2.05) is 30.3 Å². The van der Waals surface area contributed by atoms with Gasteiger partial charge in [0.2, 0.25) is 0 Å². The molecular formula is C18H29NO. The van der Waals surface area contributed by atoms with Gasteiger partial charge >= 0.3 is 0 Å². The Bertz CT molecular complexity index is 397. The second-order valence-corrected chi connectivity index (χ2v) is 6.91. The van der Waals surface area contributed by atoms with Gasteiger partial charge in [0, 0.05) is 18.6 Å². The third-order valence-corrected chi connectivity index (χ3v) is 4.12. The van der Waals surface area contributed by atoms with E-state index in [4.69, 9.17) is 0 Å². The minimum Gasteiger partial charge on any atom is -0.387 e. The summed E-state index contributed by atoms with van der Waals surface area (Å²) in [5.41, 5.74) is 1.04. The Kier molecular flexibility index (Phi) is 5.22. The molecule has 0 bridgehead atoms. The van der Waals surface area contributed by atoms with Crippen molar-refractivity contribution >= 4 is 0 Å². The lowest BCUT2D eigenvalue weighted by Gasteiger charge is -2.39. The van der Waals surface area contributed by atoms with E-state index >= 15 is 0 Å². The lowest BCUT2D eigenvalue weighted by Crippen LogP contribution is -2.46. The van der Waals surface area contributed by atoms with Crippen molar-refractivity contribution in [1.82, 2.24) is 4.90 Å². The summed E-state index contributed by atoms with van der Waals surface area (Å²) in [7, 11) is 0. The van der Waals surface area contributed by atoms with Crippen LogP contribution in [0.4, 0.5) is 0 Å². The first kappa shape index (κ1) is 15.5. The molecule has 2 rings (SSSR count). The van der Waals surface area contributed by atoms with Crippen LogP contribution in [-0.2, 0) is 0 Å². The van der Waals surface area contributed by atoms with E-state index in [1.165, 1.54) is 12.8 Å². The van der Waals surface area contributed by atoms with Gasteiger partial charge in [-0.05, 0) is 30.2 Å². The number of benzene rings is 1. The molecule has 1 N–H and O–H groups in total. The smallest absolute Gasteiger partial charge is 0.0947 e. The van der Waals surface area contributed by atoms with Gasteiger partial charge in [-0.15, -0.1) is 0 Å². The summed E-state index contributed by atoms with van der Waals surface area (Å²) in [4.78, 5) is 2.56. The molecule has 112 valence electrons. The highest BCUT2D eigenvalue weighted by atomic mass is 16.3. The van der Waals surface area contributed by atoms with Crippen molar-refractivity contribution in [1.29, 1.82) is 0 Å². The van der Waals surface area contributed by atoms with E-state index in [9.17, 15) is 5.11 Å². The molecule has 1 aliphatic rings. The summed E-state index contributed by atoms with van der Waals surface area (Å²) in [6.45, 7) is 10.1. The molecule has 1 aromatic rings. The third kappa shape index (κ3) is 3.83. The maximum Gasteiger partial charge on any atom is 0.0947 e. The third-order valence-electron chi connectivity index (χ3n) is 4.12. The Labute approximate surface area is 123 Å². The Balaban J connectivity index is 2.20. The molecular weight excluding hydrogens is 246 g/mol. The van der Waals surface area contributed by atoms with Gasteiger partial charge in [-0.1, -0.05) is 58.0 Å². The molecule has 0 aliphatic heterocycles. The minimum absolute atomic E-state index is 0.215. The standard InChI is InChI=1S/C18H29NO/c1-13(2)12-19(16-10-11-16)17(14(3)4)18(20)15-8-6-5-7-9-15/h5-9,13-14,16-18,20H,10-12H2,1-4H3. The van der Waals surface area contributed by atoms with Crippen LogP contribution in [0.25, 0.3) is 0 Å². The average molecular weight is 275 g/mol. The summed E-state index contributed by atoms with van der Waals surface area (Å²) < 4.78 is 0. The minimum atomic E-state index is -0.393. The summed E-state index contributed by atoms with van der Waals surface area (Å²) >= 11 is 0. The predicted octanol–water partition coefficient (Wildman–Crippen LogP) is 3.87. The first-order valence-electron chi connectivity index (χ1n) is 7.99. The molecule has 1 aromatic carbocycles. The molecule has 0 amide bonds. The second-order valence-electron chi connectivity index (χ2n) is 6.91. The van der Waals surface area contributed by atoms with Gasteiger partial charge in [0.15, 0.2) is 0 Å². The van der Waals surface area contributed by atoms with E-state index in [0.29, 0.717) is 17.9 Å². The molecule has 0 aromatic heterocycles. The van der Waals surface area contributed by atoms with Crippen molar-refractivity contribution in [3.63, 3.8) is 0 Å². The van der Waals surface area contributed by atoms with Crippen LogP contribution < -0.4 is 0 Å². The maximum atomic E-state index is 10.9. The van der Waals surface area contributed by atoms with Crippen molar-refractivity contribution in [2.24, 2.45) is 11.8 Å². The molecule has 20 heavy (non-hydrogen) atoms. The Morgan fingerprint density at radius 2 is 1.70 bits per heavy atom. The van der Waals surface area contributed by atoms with Crippen molar-refractivity contribution in [3.8, 4) is 0 Å². The Hall–Kier alpha value is -0.860. The number of hydrogen-bond acceptors (Lipinski definition) is 2. The first-order valence-corrected chi connectivity index (χ1v) is 7.99. The number of aliphatic hydroxyl groups is 1. The SMILES string of the molecule is CC(C)CN(C1CC1)C(C(C)C)C(O)c1ccccc1. The first-order chi connectivity index (χ1) is 9.50. The fourth-order valence-corrected chi connectivity index (χ4v) is 3.12. The molecule has 2 unspecified atom stereocenters. The molecule has 2 heteroatoms. The van der Waals surface area contributed by atoms with Crippen LogP contribution in [-0.4, -0.2) is 28.6 Å². The number of rotatable bonds is 7. The van der Waals surface area contributed by atoms with E-state index < -0.39 is 6.10 Å². The van der Waals surface area contributed by atoms with Gasteiger partial charge in [0.1, 0.15) is 0 Å². The van der Waals surface area contributed by atoms with Gasteiger partial charge in [0.25, 0.3) is 0 Å². The van der Waals surface area contributed by atoms with Gasteiger partial charge in [-0.2, -0.15) is 0 Å². The van der Waals surface area contributed by atoms with E-state index in [-0.39, 0.29) is 6.04 Å². The van der Waals surface area contributed by atoms with Crippen LogP contribution in [0.3, 0.4) is 0 Å². The molecule has 0 spiro atoms. The zero-order valence-corrected chi connectivity index (χ0v) is 13.3. The highest BCUT2D eigenvalue weighted by Gasteiger charge is 2.39. The van der Waals surface area contributed by atoms with Crippen LogP contribution in [0.2, 0.25) is 0 Å². The zero-order valence-electron chi connectivity index (χ0n) is 13.3. The number of hydrogen-bond donors (Lipinski definition) is 1. The molecule has 2 atom stereocenters. The Morgan fingerprint density at radius 3 is 2.15 bits per heavy atom. The summed E-state index contributed by atoms with van der Waals surface area (Å²) in [5.74, 6) is 1.09. The van der Waals surface area contributed by atoms with Gasteiger partial charge in [0.05, 0.1) is 6.10 Å². The van der Waals surface area contributed by atoms with E-state index in [2.05, 4.69) is 32.6 Å². The van der Waals surface area contributed by atoms with Gasteiger partial charge in [-0.25, -0.2) is 0 Å². The fourth-order valence-electron chi connectivity index (χ4n) is 3.12. The summed E-state index contributed by atoms with van der Waals surface area (Å²) in [6.07, 6.45) is 2.19. The van der Waals surface area contributed by atoms with Crippen molar-refractivity contribution in [2.45, 2.75) is 58.7 Å². The summed E-state index contributed by atoms with van der Waals surface area (Å²) in [6, 6.07) is 11.0. The average Bonchev–Trinajstić information content (AvgIpc) is 3.22. The molecule has 1 fully saturated rings. The van der Waals surface area contributed by atoms with E-state index in [1.54, 1.807) is 0 Å². The number of nitrogens with zero attached hydrogens (tertiary/aromatic N) is 1. The predicted molar refractivity (Wildman–Crippen MR) is 84.6 cm³/mol. The van der Waals surface area contributed by atoms with Gasteiger partial charge in [-0.3, -0.25) is 4.90 Å². The number of aliphatic hydroxyl groups excluding tert-OH is 1. The molecule has 0 heterocycles. The topological polar surface area (TPSA) is 23.5 Å². The largest absolute Gasteiger partial charge is 0.387 e. The van der Waals surface area contributed by atoms with Crippen molar-refractivity contribution in [2.75, 3.05) is 6.54 Å². The van der Waals surface area contributed by atoms with Gasteiger partial charge < -0.3 is 5.11 Å². The molecule has 0 saturated heterocycles. The quantitative estimate of drug-likeness (QED) is 0.816. The van der Waals surface area contributed by atoms with Crippen LogP contribution >= 0.6 is 0 Å².